The molecule has 4 rings (SSSR count). The van der Waals surface area contributed by atoms with E-state index < -0.39 is 58.1 Å². The Hall–Kier alpha value is -4.50. The lowest BCUT2D eigenvalue weighted by Gasteiger charge is -2.15. The molecule has 13 nitrogen and oxygen atoms in total. The number of benzene rings is 3. The monoisotopic (exact) mass is 647 g/mol. The number of carbonyl (C=O) groups is 3. The second kappa shape index (κ2) is 12.8. The van der Waals surface area contributed by atoms with Gasteiger partial charge in [-0.2, -0.15) is 0 Å². The Kier molecular flexibility index (Phi) is 9.35. The van der Waals surface area contributed by atoms with Crippen LogP contribution < -0.4 is 27.6 Å². The number of rotatable bonds is 10. The van der Waals surface area contributed by atoms with Gasteiger partial charge < -0.3 is 21.5 Å². The highest BCUT2D eigenvalue weighted by molar-refractivity contribution is 7.90. The molecule has 4 aromatic rings. The van der Waals surface area contributed by atoms with Gasteiger partial charge in [-0.25, -0.2) is 13.2 Å². The van der Waals surface area contributed by atoms with Gasteiger partial charge >= 0.3 is 11.7 Å². The normalized spacial score (nSPS) is 12.1. The maximum atomic E-state index is 13.5. The molecule has 1 atom stereocenters. The molecule has 0 aliphatic carbocycles. The summed E-state index contributed by atoms with van der Waals surface area (Å²) in [5.41, 5.74) is 4.00. The van der Waals surface area contributed by atoms with Crippen LogP contribution in [0.5, 0.6) is 0 Å². The number of fused-ring (bicyclic) bond motifs is 1. The van der Waals surface area contributed by atoms with Crippen molar-refractivity contribution in [3.8, 4) is 0 Å². The van der Waals surface area contributed by atoms with Crippen LogP contribution >= 0.6 is 23.2 Å². The van der Waals surface area contributed by atoms with Gasteiger partial charge in [0.2, 0.25) is 11.8 Å². The lowest BCUT2D eigenvalue weighted by atomic mass is 10.1. The van der Waals surface area contributed by atoms with E-state index >= 15 is 0 Å². The maximum absolute atomic E-state index is 13.5. The zero-order chi connectivity index (χ0) is 31.5. The quantitative estimate of drug-likeness (QED) is 0.198. The zero-order valence-electron chi connectivity index (χ0n) is 22.0. The first-order valence-electron chi connectivity index (χ1n) is 12.4. The standard InChI is InChI=1S/C27H23Cl2N5O8S/c28-16-3-8-19(9-4-16)43(41,42)34-26(39)20-10-5-17(29)11-22(20)33(27(34)40)14-23(35)32-18-6-1-15(2-7-18)13-31-25(38)21(30)12-24(36)37/h1-11,21H,12-14,30H2,(H,31,38)(H,32,35)(H,36,37)/t21-/m0/s1. The summed E-state index contributed by atoms with van der Waals surface area (Å²) in [6, 6.07) is 13.7. The van der Waals surface area contributed by atoms with Crippen LogP contribution in [0.3, 0.4) is 0 Å². The van der Waals surface area contributed by atoms with E-state index in [1.165, 1.54) is 42.5 Å². The number of aliphatic carboxylic acids is 1. The third-order valence-electron chi connectivity index (χ3n) is 6.16. The summed E-state index contributed by atoms with van der Waals surface area (Å²) in [6.45, 7) is -0.627. The number of nitrogens with one attached hydrogen (secondary N) is 2. The van der Waals surface area contributed by atoms with E-state index in [0.717, 1.165) is 16.7 Å². The molecule has 5 N–H and O–H groups in total. The fourth-order valence-corrected chi connectivity index (χ4v) is 5.65. The minimum Gasteiger partial charge on any atom is -0.481 e. The van der Waals surface area contributed by atoms with Gasteiger partial charge in [0.05, 0.1) is 28.3 Å². The van der Waals surface area contributed by atoms with Crippen molar-refractivity contribution in [1.82, 2.24) is 13.9 Å². The molecule has 0 radical (unpaired) electrons. The Morgan fingerprint density at radius 2 is 1.56 bits per heavy atom. The van der Waals surface area contributed by atoms with Gasteiger partial charge in [-0.1, -0.05) is 35.3 Å². The first-order chi connectivity index (χ1) is 20.3. The minimum atomic E-state index is -4.68. The second-order valence-electron chi connectivity index (χ2n) is 9.23. The van der Waals surface area contributed by atoms with Crippen LogP contribution in [-0.4, -0.2) is 45.9 Å². The Balaban J connectivity index is 1.60. The van der Waals surface area contributed by atoms with Crippen LogP contribution in [0.15, 0.2) is 81.2 Å². The van der Waals surface area contributed by atoms with E-state index in [1.54, 1.807) is 12.1 Å². The van der Waals surface area contributed by atoms with Gasteiger partial charge in [0.15, 0.2) is 0 Å². The molecule has 16 heteroatoms. The molecule has 0 fully saturated rings. The lowest BCUT2D eigenvalue weighted by molar-refractivity contribution is -0.139. The molecule has 0 saturated heterocycles. The predicted octanol–water partition coefficient (Wildman–Crippen LogP) is 1.76. The molecule has 0 saturated carbocycles. The van der Waals surface area contributed by atoms with Crippen molar-refractivity contribution in [2.24, 2.45) is 5.73 Å². The maximum Gasteiger partial charge on any atom is 0.346 e. The molecule has 0 aliphatic rings. The number of halogens is 2. The number of hydrogen-bond acceptors (Lipinski definition) is 8. The Morgan fingerprint density at radius 1 is 0.930 bits per heavy atom. The smallest absolute Gasteiger partial charge is 0.346 e. The van der Waals surface area contributed by atoms with Gasteiger partial charge in [0.25, 0.3) is 15.6 Å². The van der Waals surface area contributed by atoms with Crippen molar-refractivity contribution in [3.05, 3.63) is 103 Å². The van der Waals surface area contributed by atoms with Crippen molar-refractivity contribution in [1.29, 1.82) is 0 Å². The highest BCUT2D eigenvalue weighted by Crippen LogP contribution is 2.19. The summed E-state index contributed by atoms with van der Waals surface area (Å²) < 4.78 is 27.6. The molecule has 3 aromatic carbocycles. The summed E-state index contributed by atoms with van der Waals surface area (Å²) in [5.74, 6) is -2.57. The van der Waals surface area contributed by atoms with Crippen LogP contribution in [0.25, 0.3) is 10.9 Å². The molecule has 2 amide bonds. The zero-order valence-corrected chi connectivity index (χ0v) is 24.3. The summed E-state index contributed by atoms with van der Waals surface area (Å²) in [4.78, 5) is 62.0. The van der Waals surface area contributed by atoms with Gasteiger partial charge in [-0.3, -0.25) is 23.7 Å². The minimum absolute atomic E-state index is 0.0478. The van der Waals surface area contributed by atoms with Crippen LogP contribution in [0.2, 0.25) is 10.0 Å². The fraction of sp³-hybridized carbons (Fsp3) is 0.148. The number of amides is 2. The Bertz CT molecular complexity index is 1960. The van der Waals surface area contributed by atoms with Crippen LogP contribution in [0.1, 0.15) is 12.0 Å². The average molecular weight is 648 g/mol. The molecule has 0 aliphatic heterocycles. The first kappa shape index (κ1) is 31.4. The number of anilines is 1. The fourth-order valence-electron chi connectivity index (χ4n) is 4.05. The number of carbonyl (C=O) groups excluding carboxylic acids is 2. The van der Waals surface area contributed by atoms with Crippen LogP contribution in [-0.2, 0) is 37.5 Å². The van der Waals surface area contributed by atoms with Crippen molar-refractivity contribution >= 4 is 67.6 Å². The number of aromatic nitrogens is 2. The number of carboxylic acids is 1. The number of carboxylic acid groups (broad SMARTS) is 1. The Morgan fingerprint density at radius 3 is 2.19 bits per heavy atom. The highest BCUT2D eigenvalue weighted by Gasteiger charge is 2.26. The summed E-state index contributed by atoms with van der Waals surface area (Å²) in [7, 11) is -4.68. The molecule has 224 valence electrons. The van der Waals surface area contributed by atoms with E-state index in [2.05, 4.69) is 10.6 Å². The third kappa shape index (κ3) is 7.11. The van der Waals surface area contributed by atoms with E-state index in [9.17, 15) is 32.4 Å². The summed E-state index contributed by atoms with van der Waals surface area (Å²) in [5, 5.41) is 14.1. The van der Waals surface area contributed by atoms with E-state index in [0.29, 0.717) is 11.3 Å². The number of hydrogen-bond donors (Lipinski definition) is 4. The third-order valence-corrected chi connectivity index (χ3v) is 8.32. The largest absolute Gasteiger partial charge is 0.481 e. The predicted molar refractivity (Wildman–Crippen MR) is 159 cm³/mol. The van der Waals surface area contributed by atoms with E-state index in [4.69, 9.17) is 34.0 Å². The van der Waals surface area contributed by atoms with E-state index in [1.807, 2.05) is 0 Å². The average Bonchev–Trinajstić information content (AvgIpc) is 2.94. The number of nitrogens with zero attached hydrogens (tertiary/aromatic N) is 2. The van der Waals surface area contributed by atoms with Gasteiger partial charge in [0, 0.05) is 22.3 Å². The topological polar surface area (TPSA) is 200 Å². The number of nitrogens with two attached hydrogens (primary N) is 1. The lowest BCUT2D eigenvalue weighted by Crippen LogP contribution is -2.45. The van der Waals surface area contributed by atoms with Gasteiger partial charge in [-0.05, 0) is 60.2 Å². The second-order valence-corrected chi connectivity index (χ2v) is 11.9. The summed E-state index contributed by atoms with van der Waals surface area (Å²) >= 11 is 11.9. The van der Waals surface area contributed by atoms with Crippen molar-refractivity contribution in [2.75, 3.05) is 5.32 Å². The molecule has 1 aromatic heterocycles. The molecule has 1 heterocycles. The van der Waals surface area contributed by atoms with Gasteiger partial charge in [0.1, 0.15) is 6.54 Å². The molecular formula is C27H23Cl2N5O8S. The highest BCUT2D eigenvalue weighted by atomic mass is 35.5. The van der Waals surface area contributed by atoms with Crippen LogP contribution in [0, 0.1) is 0 Å². The Labute approximate surface area is 253 Å². The van der Waals surface area contributed by atoms with Gasteiger partial charge in [-0.15, -0.1) is 3.97 Å². The molecule has 0 bridgehead atoms. The van der Waals surface area contributed by atoms with Crippen LogP contribution in [0.4, 0.5) is 5.69 Å². The first-order valence-corrected chi connectivity index (χ1v) is 14.6. The van der Waals surface area contributed by atoms with Crippen molar-refractivity contribution in [3.63, 3.8) is 0 Å². The molecule has 0 unspecified atom stereocenters. The van der Waals surface area contributed by atoms with Crippen molar-refractivity contribution in [2.45, 2.75) is 30.4 Å². The molecule has 43 heavy (non-hydrogen) atoms. The van der Waals surface area contributed by atoms with E-state index in [-0.39, 0.29) is 36.4 Å². The molecular weight excluding hydrogens is 625 g/mol. The summed E-state index contributed by atoms with van der Waals surface area (Å²) in [6.07, 6.45) is -0.522. The SMILES string of the molecule is N[C@@H](CC(=O)O)C(=O)NCc1ccc(NC(=O)Cn2c(=O)n(S(=O)(=O)c3ccc(Cl)cc3)c(=O)c3ccc(Cl)cc32)cc1. The van der Waals surface area contributed by atoms with Crippen molar-refractivity contribution < 1.29 is 27.9 Å². The molecule has 0 spiro atoms.